The summed E-state index contributed by atoms with van der Waals surface area (Å²) < 4.78 is 18.9. The Morgan fingerprint density at radius 3 is 1.97 bits per heavy atom. The highest BCUT2D eigenvalue weighted by Gasteiger charge is 2.13. The van der Waals surface area contributed by atoms with E-state index >= 15 is 0 Å². The number of aryl methyl sites for hydroxylation is 7. The summed E-state index contributed by atoms with van der Waals surface area (Å²) in [6, 6.07) is 12.8. The van der Waals surface area contributed by atoms with Crippen LogP contribution in [0.1, 0.15) is 52.3 Å². The van der Waals surface area contributed by atoms with E-state index in [-0.39, 0.29) is 0 Å². The van der Waals surface area contributed by atoms with E-state index < -0.39 is 8.24 Å². The molecular formula is C28H33O4P. The molecule has 0 saturated carbocycles. The Bertz CT molecular complexity index is 1340. The van der Waals surface area contributed by atoms with Gasteiger partial charge in [-0.3, -0.25) is 4.52 Å². The topological polar surface area (TPSA) is 55.7 Å². The van der Waals surface area contributed by atoms with Crippen molar-refractivity contribution in [2.75, 3.05) is 6.61 Å². The number of phenolic OH excluding ortho intramolecular Hbond substituents is 1. The first-order valence-electron chi connectivity index (χ1n) is 11.6. The molecule has 1 heterocycles. The summed E-state index contributed by atoms with van der Waals surface area (Å²) in [5.41, 5.74) is 9.40. The zero-order valence-corrected chi connectivity index (χ0v) is 21.3. The predicted molar refractivity (Wildman–Crippen MR) is 137 cm³/mol. The Morgan fingerprint density at radius 1 is 0.758 bits per heavy atom. The molecule has 4 nitrogen and oxygen atoms in total. The van der Waals surface area contributed by atoms with E-state index in [0.29, 0.717) is 12.4 Å². The van der Waals surface area contributed by atoms with Gasteiger partial charge in [0.25, 0.3) is 0 Å². The molecule has 1 unspecified atom stereocenters. The van der Waals surface area contributed by atoms with Gasteiger partial charge < -0.3 is 13.5 Å². The molecule has 1 atom stereocenters. The van der Waals surface area contributed by atoms with Crippen molar-refractivity contribution in [1.29, 1.82) is 0 Å². The maximum atomic E-state index is 10.00. The van der Waals surface area contributed by atoms with E-state index in [1.807, 2.05) is 26.0 Å². The fourth-order valence-corrected chi connectivity index (χ4v) is 5.68. The van der Waals surface area contributed by atoms with Crippen molar-refractivity contribution in [3.8, 4) is 5.75 Å². The van der Waals surface area contributed by atoms with Gasteiger partial charge in [0, 0.05) is 10.8 Å². The lowest BCUT2D eigenvalue weighted by atomic mass is 10.0. The third-order valence-electron chi connectivity index (χ3n) is 6.14. The lowest BCUT2D eigenvalue weighted by molar-refractivity contribution is 0.364. The van der Waals surface area contributed by atoms with E-state index in [2.05, 4.69) is 52.0 Å². The van der Waals surface area contributed by atoms with Crippen molar-refractivity contribution in [3.63, 3.8) is 0 Å². The van der Waals surface area contributed by atoms with Gasteiger partial charge in [-0.25, -0.2) is 0 Å². The summed E-state index contributed by atoms with van der Waals surface area (Å²) in [5.74, 6) is 0.378. The minimum absolute atomic E-state index is 0.378. The Balaban J connectivity index is 1.68. The fraction of sp³-hybridized carbons (Fsp3) is 0.357. The van der Waals surface area contributed by atoms with Crippen LogP contribution in [0.15, 0.2) is 44.8 Å². The number of hydrogen-bond acceptors (Lipinski definition) is 4. The van der Waals surface area contributed by atoms with Gasteiger partial charge in [0.1, 0.15) is 16.9 Å². The zero-order chi connectivity index (χ0) is 23.7. The molecule has 0 amide bonds. The predicted octanol–water partition coefficient (Wildman–Crippen LogP) is 8.16. The minimum Gasteiger partial charge on any atom is -0.507 e. The van der Waals surface area contributed by atoms with Crippen LogP contribution in [0.3, 0.4) is 0 Å². The maximum Gasteiger partial charge on any atom is 0.387 e. The van der Waals surface area contributed by atoms with Gasteiger partial charge in [-0.15, -0.1) is 0 Å². The van der Waals surface area contributed by atoms with E-state index in [1.54, 1.807) is 0 Å². The molecule has 0 radical (unpaired) electrons. The Morgan fingerprint density at radius 2 is 1.33 bits per heavy atom. The molecule has 1 aromatic heterocycles. The van der Waals surface area contributed by atoms with Gasteiger partial charge in [-0.05, 0) is 105 Å². The summed E-state index contributed by atoms with van der Waals surface area (Å²) in [6.45, 7) is 12.9. The number of rotatable bonds is 6. The summed E-state index contributed by atoms with van der Waals surface area (Å²) in [7, 11) is -1.57. The van der Waals surface area contributed by atoms with Gasteiger partial charge in [0.2, 0.25) is 0 Å². The SMILES string of the molecule is CCc1cc(C)c2op(OCCCc3cc(C)c(O)c(C)c3)oc3c(C)cc(C)cc3c2c1. The summed E-state index contributed by atoms with van der Waals surface area (Å²) in [5, 5.41) is 12.2. The highest BCUT2D eigenvalue weighted by atomic mass is 31.1. The lowest BCUT2D eigenvalue weighted by Gasteiger charge is -2.08. The molecule has 0 bridgehead atoms. The third-order valence-corrected chi connectivity index (χ3v) is 7.20. The van der Waals surface area contributed by atoms with Crippen LogP contribution in [0, 0.1) is 34.6 Å². The molecule has 33 heavy (non-hydrogen) atoms. The number of hydrogen-bond donors (Lipinski definition) is 1. The maximum absolute atomic E-state index is 10.00. The van der Waals surface area contributed by atoms with Crippen LogP contribution in [-0.4, -0.2) is 11.7 Å². The monoisotopic (exact) mass is 464 g/mol. The van der Waals surface area contributed by atoms with Crippen molar-refractivity contribution in [3.05, 3.63) is 75.3 Å². The van der Waals surface area contributed by atoms with E-state index in [0.717, 1.165) is 63.5 Å². The summed E-state index contributed by atoms with van der Waals surface area (Å²) in [4.78, 5) is 0. The van der Waals surface area contributed by atoms with Gasteiger partial charge in [-0.2, -0.15) is 0 Å². The molecular weight excluding hydrogens is 431 g/mol. The van der Waals surface area contributed by atoms with Crippen molar-refractivity contribution < 1.29 is 18.0 Å². The lowest BCUT2D eigenvalue weighted by Crippen LogP contribution is -1.98. The Labute approximate surface area is 196 Å². The van der Waals surface area contributed by atoms with Crippen molar-refractivity contribution >= 4 is 30.2 Å². The largest absolute Gasteiger partial charge is 0.507 e. The number of aromatic hydroxyl groups is 1. The number of phenols is 1. The summed E-state index contributed by atoms with van der Waals surface area (Å²) in [6.07, 6.45) is 2.68. The minimum atomic E-state index is -1.57. The molecule has 174 valence electrons. The molecule has 0 fully saturated rings. The van der Waals surface area contributed by atoms with Crippen molar-refractivity contribution in [1.82, 2.24) is 0 Å². The quantitative estimate of drug-likeness (QED) is 0.292. The van der Waals surface area contributed by atoms with E-state index in [9.17, 15) is 5.11 Å². The Kier molecular flexibility index (Phi) is 6.88. The molecule has 3 aromatic carbocycles. The second kappa shape index (κ2) is 9.67. The van der Waals surface area contributed by atoms with Crippen LogP contribution in [-0.2, 0) is 12.8 Å². The highest BCUT2D eigenvalue weighted by Crippen LogP contribution is 2.37. The molecule has 0 aliphatic rings. The van der Waals surface area contributed by atoms with Gasteiger partial charge in [0.15, 0.2) is 0 Å². The normalized spacial score (nSPS) is 12.0. The van der Waals surface area contributed by atoms with Crippen LogP contribution >= 0.6 is 8.24 Å². The summed E-state index contributed by atoms with van der Waals surface area (Å²) >= 11 is 0. The molecule has 0 aliphatic carbocycles. The standard InChI is InChI=1S/C28H33O4P/c1-7-22-15-21(6)28-25(16-22)24-12-17(2)11-20(5)27(24)31-33(32-28)30-10-8-9-23-13-18(3)26(29)19(4)14-23/h11-16,29H,7-10H2,1-6H3. The number of fused-ring (bicyclic) bond motifs is 3. The molecule has 0 aliphatic heterocycles. The van der Waals surface area contributed by atoms with Crippen LogP contribution in [0.25, 0.3) is 21.9 Å². The molecule has 4 aromatic rings. The van der Waals surface area contributed by atoms with Crippen molar-refractivity contribution in [2.24, 2.45) is 0 Å². The zero-order valence-electron chi connectivity index (χ0n) is 20.4. The Hall–Kier alpha value is -2.68. The smallest absolute Gasteiger partial charge is 0.387 e. The van der Waals surface area contributed by atoms with E-state index in [1.165, 1.54) is 16.7 Å². The average molecular weight is 465 g/mol. The molecule has 0 saturated heterocycles. The fourth-order valence-electron chi connectivity index (χ4n) is 4.48. The van der Waals surface area contributed by atoms with Crippen LogP contribution in [0.4, 0.5) is 0 Å². The molecule has 0 spiro atoms. The highest BCUT2D eigenvalue weighted by molar-refractivity contribution is 7.31. The van der Waals surface area contributed by atoms with E-state index in [4.69, 9.17) is 12.9 Å². The molecule has 4 rings (SSSR count). The molecule has 1 N–H and O–H groups in total. The number of benzene rings is 3. The first-order chi connectivity index (χ1) is 15.8. The second-order valence-corrected chi connectivity index (χ2v) is 10.1. The first kappa shape index (κ1) is 23.5. The van der Waals surface area contributed by atoms with Gasteiger partial charge in [0.05, 0.1) is 6.61 Å². The molecule has 5 heteroatoms. The van der Waals surface area contributed by atoms with Crippen LogP contribution in [0.2, 0.25) is 0 Å². The van der Waals surface area contributed by atoms with Crippen molar-refractivity contribution in [2.45, 2.75) is 60.8 Å². The second-order valence-electron chi connectivity index (χ2n) is 9.02. The van der Waals surface area contributed by atoms with Gasteiger partial charge in [-0.1, -0.05) is 31.2 Å². The third kappa shape index (κ3) is 4.98. The average Bonchev–Trinajstić information content (AvgIpc) is 2.92. The van der Waals surface area contributed by atoms with Crippen LogP contribution in [0.5, 0.6) is 5.75 Å². The van der Waals surface area contributed by atoms with Gasteiger partial charge >= 0.3 is 8.24 Å². The first-order valence-corrected chi connectivity index (χ1v) is 12.7. The van der Waals surface area contributed by atoms with Crippen LogP contribution < -0.4 is 4.52 Å².